The van der Waals surface area contributed by atoms with E-state index in [0.29, 0.717) is 0 Å². The number of hydrogen-bond donors (Lipinski definition) is 0. The number of azo groups is 1. The van der Waals surface area contributed by atoms with Gasteiger partial charge in [0.2, 0.25) is 0 Å². The van der Waals surface area contributed by atoms with Crippen molar-refractivity contribution in [1.29, 1.82) is 0 Å². The minimum atomic E-state index is 0.843. The van der Waals surface area contributed by atoms with E-state index in [2.05, 4.69) is 16.0 Å². The standard InChI is InChI=1S/C17H12N2/c1-2-10-16(11-3-1)18-19-17-12-6-9-15(13-17)14-7-4-5-8-14/h1-7,9-13H. The molecule has 3 rings (SSSR count). The first-order valence-corrected chi connectivity index (χ1v) is 6.12. The lowest BCUT2D eigenvalue weighted by molar-refractivity contribution is 1.23. The normalized spacial score (nSPS) is 13.2. The van der Waals surface area contributed by atoms with E-state index >= 15 is 0 Å². The van der Waals surface area contributed by atoms with E-state index in [-0.39, 0.29) is 0 Å². The second-order valence-corrected chi connectivity index (χ2v) is 4.17. The topological polar surface area (TPSA) is 24.7 Å². The van der Waals surface area contributed by atoms with Crippen LogP contribution in [-0.4, -0.2) is 0 Å². The van der Waals surface area contributed by atoms with Crippen molar-refractivity contribution in [2.75, 3.05) is 0 Å². The highest BCUT2D eigenvalue weighted by Crippen LogP contribution is 2.24. The van der Waals surface area contributed by atoms with Crippen molar-refractivity contribution in [2.45, 2.75) is 0 Å². The van der Waals surface area contributed by atoms with Crippen LogP contribution in [0.1, 0.15) is 5.56 Å². The molecule has 0 fully saturated rings. The molecule has 1 aliphatic carbocycles. The molecule has 90 valence electrons. The van der Waals surface area contributed by atoms with E-state index < -0.39 is 0 Å². The highest BCUT2D eigenvalue weighted by Gasteiger charge is 2.00. The fourth-order valence-electron chi connectivity index (χ4n) is 1.86. The largest absolute Gasteiger partial charge is 0.151 e. The number of benzene rings is 2. The molecule has 0 unspecified atom stereocenters. The maximum absolute atomic E-state index is 4.26. The van der Waals surface area contributed by atoms with Gasteiger partial charge >= 0.3 is 0 Å². The average molecular weight is 244 g/mol. The molecule has 2 nitrogen and oxygen atoms in total. The summed E-state index contributed by atoms with van der Waals surface area (Å²) in [7, 11) is 0. The number of hydrogen-bond acceptors (Lipinski definition) is 2. The van der Waals surface area contributed by atoms with Crippen LogP contribution in [0.25, 0.3) is 5.57 Å². The Morgan fingerprint density at radius 2 is 1.58 bits per heavy atom. The van der Waals surface area contributed by atoms with Gasteiger partial charge in [-0.25, -0.2) is 0 Å². The zero-order chi connectivity index (χ0) is 12.9. The molecule has 0 heterocycles. The number of nitrogens with zero attached hydrogens (tertiary/aromatic N) is 2. The molecule has 0 saturated carbocycles. The summed E-state index contributed by atoms with van der Waals surface area (Å²) >= 11 is 0. The van der Waals surface area contributed by atoms with Crippen molar-refractivity contribution < 1.29 is 0 Å². The quantitative estimate of drug-likeness (QED) is 0.523. The highest BCUT2D eigenvalue weighted by molar-refractivity contribution is 5.77. The summed E-state index contributed by atoms with van der Waals surface area (Å²) in [5.41, 5.74) is 7.07. The van der Waals surface area contributed by atoms with E-state index in [1.807, 2.05) is 72.8 Å². The third-order valence-electron chi connectivity index (χ3n) is 2.79. The fraction of sp³-hybridized carbons (Fsp3) is 0. The van der Waals surface area contributed by atoms with E-state index in [9.17, 15) is 0 Å². The monoisotopic (exact) mass is 244 g/mol. The van der Waals surface area contributed by atoms with Crippen molar-refractivity contribution in [3.8, 4) is 0 Å². The third-order valence-corrected chi connectivity index (χ3v) is 2.79. The summed E-state index contributed by atoms with van der Waals surface area (Å²) in [6.45, 7) is 0. The van der Waals surface area contributed by atoms with Gasteiger partial charge < -0.3 is 0 Å². The molecule has 0 aromatic heterocycles. The predicted octanol–water partition coefficient (Wildman–Crippen LogP) is 5.21. The summed E-state index contributed by atoms with van der Waals surface area (Å²) < 4.78 is 0. The zero-order valence-corrected chi connectivity index (χ0v) is 10.3. The predicted molar refractivity (Wildman–Crippen MR) is 77.7 cm³/mol. The zero-order valence-electron chi connectivity index (χ0n) is 10.3. The van der Waals surface area contributed by atoms with E-state index in [0.717, 1.165) is 22.5 Å². The Kier molecular flexibility index (Phi) is 3.18. The van der Waals surface area contributed by atoms with Gasteiger partial charge in [0.1, 0.15) is 0 Å². The Morgan fingerprint density at radius 3 is 2.37 bits per heavy atom. The average Bonchev–Trinajstić information content (AvgIpc) is 3.01. The Morgan fingerprint density at radius 1 is 0.789 bits per heavy atom. The van der Waals surface area contributed by atoms with Gasteiger partial charge in [0.05, 0.1) is 11.4 Å². The van der Waals surface area contributed by atoms with Crippen LogP contribution in [0.15, 0.2) is 88.8 Å². The van der Waals surface area contributed by atoms with Crippen LogP contribution in [0.3, 0.4) is 0 Å². The molecule has 0 radical (unpaired) electrons. The maximum Gasteiger partial charge on any atom is 0.0863 e. The van der Waals surface area contributed by atoms with Gasteiger partial charge in [0.15, 0.2) is 0 Å². The number of rotatable bonds is 3. The summed E-state index contributed by atoms with van der Waals surface area (Å²) in [5.74, 6) is 0. The molecular formula is C17H12N2. The Balaban J connectivity index is 1.86. The molecule has 0 atom stereocenters. The van der Waals surface area contributed by atoms with Crippen molar-refractivity contribution in [1.82, 2.24) is 0 Å². The molecule has 2 aromatic carbocycles. The van der Waals surface area contributed by atoms with Gasteiger partial charge in [-0.3, -0.25) is 0 Å². The molecule has 0 bridgehead atoms. The summed E-state index contributed by atoms with van der Waals surface area (Å²) in [5, 5.41) is 8.47. The van der Waals surface area contributed by atoms with Crippen LogP contribution in [0.4, 0.5) is 11.4 Å². The van der Waals surface area contributed by atoms with Crippen LogP contribution in [0, 0.1) is 0 Å². The van der Waals surface area contributed by atoms with Crippen molar-refractivity contribution in [3.63, 3.8) is 0 Å². The minimum absolute atomic E-state index is 0.843. The lowest BCUT2D eigenvalue weighted by Gasteiger charge is -1.99. The lowest BCUT2D eigenvalue weighted by atomic mass is 10.1. The van der Waals surface area contributed by atoms with Gasteiger partial charge in [-0.05, 0) is 42.0 Å². The Labute approximate surface area is 112 Å². The summed E-state index contributed by atoms with van der Waals surface area (Å²) in [4.78, 5) is 0. The van der Waals surface area contributed by atoms with Gasteiger partial charge in [-0.1, -0.05) is 36.4 Å². The molecule has 1 aliphatic rings. The van der Waals surface area contributed by atoms with Crippen LogP contribution in [-0.2, 0) is 0 Å². The first kappa shape index (κ1) is 11.4. The van der Waals surface area contributed by atoms with Gasteiger partial charge in [0, 0.05) is 5.57 Å². The van der Waals surface area contributed by atoms with Crippen LogP contribution in [0.5, 0.6) is 0 Å². The van der Waals surface area contributed by atoms with E-state index in [1.54, 1.807) is 0 Å². The second-order valence-electron chi connectivity index (χ2n) is 4.17. The van der Waals surface area contributed by atoms with Gasteiger partial charge in [-0.2, -0.15) is 10.2 Å². The Hall–Kier alpha value is -2.70. The van der Waals surface area contributed by atoms with Crippen molar-refractivity contribution in [2.24, 2.45) is 10.2 Å². The lowest BCUT2D eigenvalue weighted by Crippen LogP contribution is -1.76. The van der Waals surface area contributed by atoms with Crippen LogP contribution in [0.2, 0.25) is 0 Å². The fourth-order valence-corrected chi connectivity index (χ4v) is 1.86. The smallest absolute Gasteiger partial charge is 0.0863 e. The molecule has 0 amide bonds. The number of allylic oxidation sites excluding steroid dienone is 3. The van der Waals surface area contributed by atoms with Gasteiger partial charge in [0.25, 0.3) is 0 Å². The first-order chi connectivity index (χ1) is 9.42. The molecule has 0 N–H and O–H groups in total. The molecule has 2 aromatic rings. The molecule has 0 saturated heterocycles. The van der Waals surface area contributed by atoms with Crippen molar-refractivity contribution in [3.05, 3.63) is 84.1 Å². The van der Waals surface area contributed by atoms with E-state index in [1.165, 1.54) is 0 Å². The summed E-state index contributed by atoms with van der Waals surface area (Å²) in [6, 6.07) is 17.7. The van der Waals surface area contributed by atoms with E-state index in [4.69, 9.17) is 0 Å². The highest BCUT2D eigenvalue weighted by atomic mass is 15.1. The molecule has 0 spiro atoms. The first-order valence-electron chi connectivity index (χ1n) is 6.12. The molecule has 0 aliphatic heterocycles. The van der Waals surface area contributed by atoms with Crippen LogP contribution >= 0.6 is 0 Å². The van der Waals surface area contributed by atoms with Crippen LogP contribution < -0.4 is 0 Å². The molecular weight excluding hydrogens is 232 g/mol. The summed E-state index contributed by atoms with van der Waals surface area (Å²) in [6.07, 6.45) is 5.93. The van der Waals surface area contributed by atoms with Gasteiger partial charge in [-0.15, -0.1) is 5.73 Å². The second kappa shape index (κ2) is 5.30. The molecule has 19 heavy (non-hydrogen) atoms. The Bertz CT molecular complexity index is 703. The minimum Gasteiger partial charge on any atom is -0.151 e. The third kappa shape index (κ3) is 2.76. The molecule has 2 heteroatoms. The van der Waals surface area contributed by atoms with Crippen molar-refractivity contribution >= 4 is 16.9 Å². The SMILES string of the molecule is C1=CC=CC=1c1cccc(N=Nc2ccccc2)c1. The maximum atomic E-state index is 4.26.